The van der Waals surface area contributed by atoms with Crippen LogP contribution in [-0.4, -0.2) is 53.1 Å². The third-order valence-corrected chi connectivity index (χ3v) is 6.48. The lowest BCUT2D eigenvalue weighted by atomic mass is 9.75. The largest absolute Gasteiger partial charge is 0.381 e. The molecule has 2 aliphatic heterocycles. The van der Waals surface area contributed by atoms with E-state index in [-0.39, 0.29) is 11.4 Å². The maximum absolute atomic E-state index is 12.9. The number of rotatable bonds is 2. The van der Waals surface area contributed by atoms with Crippen LogP contribution in [0, 0.1) is 12.3 Å². The van der Waals surface area contributed by atoms with Crippen LogP contribution in [0.1, 0.15) is 56.6 Å². The van der Waals surface area contributed by atoms with Crippen molar-refractivity contribution in [2.45, 2.75) is 64.0 Å². The van der Waals surface area contributed by atoms with Crippen LogP contribution in [0.3, 0.4) is 0 Å². The highest BCUT2D eigenvalue weighted by Crippen LogP contribution is 2.46. The van der Waals surface area contributed by atoms with Gasteiger partial charge in [-0.3, -0.25) is 4.68 Å². The summed E-state index contributed by atoms with van der Waals surface area (Å²) >= 11 is 0. The molecule has 2 amide bonds. The van der Waals surface area contributed by atoms with Gasteiger partial charge in [0.05, 0.1) is 12.2 Å². The third kappa shape index (κ3) is 3.41. The highest BCUT2D eigenvalue weighted by Gasteiger charge is 2.45. The topological polar surface area (TPSA) is 59.4 Å². The van der Waals surface area contributed by atoms with Gasteiger partial charge in [-0.15, -0.1) is 0 Å². The molecule has 0 unspecified atom stereocenters. The SMILES string of the molecule is Cc1cnn([C@H]2CCCN(C(=O)N[C@H]3CCCC34CCOCC4)C2)c1. The van der Waals surface area contributed by atoms with Gasteiger partial charge in [0.1, 0.15) is 0 Å². The van der Waals surface area contributed by atoms with E-state index in [0.717, 1.165) is 58.4 Å². The number of hydrogen-bond acceptors (Lipinski definition) is 3. The number of aryl methyl sites for hydroxylation is 1. The van der Waals surface area contributed by atoms with Crippen molar-refractivity contribution in [2.24, 2.45) is 5.41 Å². The highest BCUT2D eigenvalue weighted by atomic mass is 16.5. The number of likely N-dealkylation sites (tertiary alicyclic amines) is 1. The number of hydrogen-bond donors (Lipinski definition) is 1. The number of urea groups is 1. The Kier molecular flexibility index (Phi) is 4.71. The molecule has 1 saturated carbocycles. The number of aromatic nitrogens is 2. The molecule has 2 saturated heterocycles. The smallest absolute Gasteiger partial charge is 0.317 e. The Bertz CT molecular complexity index is 608. The van der Waals surface area contributed by atoms with Crippen LogP contribution in [0.2, 0.25) is 0 Å². The van der Waals surface area contributed by atoms with E-state index in [1.807, 2.05) is 15.8 Å². The van der Waals surface area contributed by atoms with Crippen LogP contribution in [0.5, 0.6) is 0 Å². The Morgan fingerprint density at radius 2 is 2.12 bits per heavy atom. The van der Waals surface area contributed by atoms with Crippen molar-refractivity contribution < 1.29 is 9.53 Å². The van der Waals surface area contributed by atoms with Crippen LogP contribution in [0.25, 0.3) is 0 Å². The van der Waals surface area contributed by atoms with Gasteiger partial charge in [-0.05, 0) is 56.4 Å². The number of ether oxygens (including phenoxy) is 1. The molecule has 0 aromatic carbocycles. The van der Waals surface area contributed by atoms with Gasteiger partial charge >= 0.3 is 6.03 Å². The second-order valence-corrected chi connectivity index (χ2v) is 8.11. The summed E-state index contributed by atoms with van der Waals surface area (Å²) in [5.41, 5.74) is 1.45. The van der Waals surface area contributed by atoms with E-state index in [0.29, 0.717) is 12.1 Å². The Morgan fingerprint density at radius 1 is 1.28 bits per heavy atom. The fourth-order valence-corrected chi connectivity index (χ4v) is 4.97. The average molecular weight is 346 g/mol. The predicted molar refractivity (Wildman–Crippen MR) is 95.5 cm³/mol. The standard InChI is InChI=1S/C19H30N4O2/c1-15-12-20-23(13-15)16-4-3-9-22(14-16)18(24)21-17-5-2-6-19(17)7-10-25-11-8-19/h12-13,16-17H,2-11,14H2,1H3,(H,21,24)/t16-,17-/m0/s1. The number of nitrogens with one attached hydrogen (secondary N) is 1. The fourth-order valence-electron chi connectivity index (χ4n) is 4.97. The zero-order chi connectivity index (χ0) is 17.3. The van der Waals surface area contributed by atoms with Crippen molar-refractivity contribution in [3.05, 3.63) is 18.0 Å². The molecule has 1 aromatic heterocycles. The summed E-state index contributed by atoms with van der Waals surface area (Å²) in [5.74, 6) is 0. The fraction of sp³-hybridized carbons (Fsp3) is 0.789. The minimum Gasteiger partial charge on any atom is -0.381 e. The molecule has 138 valence electrons. The zero-order valence-electron chi connectivity index (χ0n) is 15.2. The first-order valence-corrected chi connectivity index (χ1v) is 9.80. The Morgan fingerprint density at radius 3 is 2.88 bits per heavy atom. The Hall–Kier alpha value is -1.56. The van der Waals surface area contributed by atoms with Gasteiger partial charge in [-0.2, -0.15) is 5.10 Å². The average Bonchev–Trinajstić information content (AvgIpc) is 3.23. The third-order valence-electron chi connectivity index (χ3n) is 6.48. The van der Waals surface area contributed by atoms with Crippen molar-refractivity contribution in [1.82, 2.24) is 20.0 Å². The minimum absolute atomic E-state index is 0.117. The van der Waals surface area contributed by atoms with Crippen LogP contribution < -0.4 is 5.32 Å². The van der Waals surface area contributed by atoms with Gasteiger partial charge in [0, 0.05) is 38.5 Å². The van der Waals surface area contributed by atoms with Crippen molar-refractivity contribution in [2.75, 3.05) is 26.3 Å². The van der Waals surface area contributed by atoms with Crippen LogP contribution in [0.4, 0.5) is 4.79 Å². The quantitative estimate of drug-likeness (QED) is 0.896. The molecule has 25 heavy (non-hydrogen) atoms. The van der Waals surface area contributed by atoms with E-state index in [2.05, 4.69) is 23.5 Å². The summed E-state index contributed by atoms with van der Waals surface area (Å²) in [6.45, 7) is 5.36. The van der Waals surface area contributed by atoms with E-state index < -0.39 is 0 Å². The molecule has 3 aliphatic rings. The second kappa shape index (κ2) is 6.98. The molecular weight excluding hydrogens is 316 g/mol. The van der Waals surface area contributed by atoms with Crippen molar-refractivity contribution in [3.63, 3.8) is 0 Å². The molecule has 4 rings (SSSR count). The Balaban J connectivity index is 1.39. The van der Waals surface area contributed by atoms with Gasteiger partial charge in [0.2, 0.25) is 0 Å². The van der Waals surface area contributed by atoms with Crippen molar-refractivity contribution in [1.29, 1.82) is 0 Å². The maximum atomic E-state index is 12.9. The molecule has 2 atom stereocenters. The van der Waals surface area contributed by atoms with Crippen LogP contribution in [-0.2, 0) is 4.74 Å². The monoisotopic (exact) mass is 346 g/mol. The summed E-state index contributed by atoms with van der Waals surface area (Å²) < 4.78 is 7.59. The first kappa shape index (κ1) is 16.9. The minimum atomic E-state index is 0.117. The lowest BCUT2D eigenvalue weighted by molar-refractivity contribution is 0.00517. The molecule has 3 fully saturated rings. The maximum Gasteiger partial charge on any atom is 0.317 e. The van der Waals surface area contributed by atoms with Gasteiger partial charge in [0.15, 0.2) is 0 Å². The van der Waals surface area contributed by atoms with Crippen molar-refractivity contribution >= 4 is 6.03 Å². The highest BCUT2D eigenvalue weighted by molar-refractivity contribution is 5.74. The number of nitrogens with zero attached hydrogens (tertiary/aromatic N) is 3. The molecule has 6 heteroatoms. The summed E-state index contributed by atoms with van der Waals surface area (Å²) in [6.07, 6.45) is 11.9. The second-order valence-electron chi connectivity index (χ2n) is 8.11. The van der Waals surface area contributed by atoms with Gasteiger partial charge in [-0.1, -0.05) is 6.42 Å². The molecule has 3 heterocycles. The van der Waals surface area contributed by atoms with E-state index in [1.54, 1.807) is 0 Å². The van der Waals surface area contributed by atoms with Crippen molar-refractivity contribution in [3.8, 4) is 0 Å². The zero-order valence-corrected chi connectivity index (χ0v) is 15.2. The normalized spacial score (nSPS) is 29.1. The van der Waals surface area contributed by atoms with Crippen LogP contribution in [0.15, 0.2) is 12.4 Å². The van der Waals surface area contributed by atoms with E-state index in [1.165, 1.54) is 18.4 Å². The van der Waals surface area contributed by atoms with Gasteiger partial charge < -0.3 is 15.0 Å². The van der Waals surface area contributed by atoms with E-state index >= 15 is 0 Å². The molecule has 1 N–H and O–H groups in total. The summed E-state index contributed by atoms with van der Waals surface area (Å²) in [5, 5.41) is 7.84. The molecule has 1 aromatic rings. The van der Waals surface area contributed by atoms with E-state index in [4.69, 9.17) is 4.74 Å². The molecule has 0 radical (unpaired) electrons. The first-order valence-electron chi connectivity index (χ1n) is 9.80. The molecule has 1 aliphatic carbocycles. The van der Waals surface area contributed by atoms with E-state index in [9.17, 15) is 4.79 Å². The number of piperidine rings is 1. The molecule has 1 spiro atoms. The molecular formula is C19H30N4O2. The number of carbonyl (C=O) groups excluding carboxylic acids is 1. The van der Waals surface area contributed by atoms with Crippen LogP contribution >= 0.6 is 0 Å². The Labute approximate surface area is 149 Å². The summed E-state index contributed by atoms with van der Waals surface area (Å²) in [4.78, 5) is 14.9. The lowest BCUT2D eigenvalue weighted by Crippen LogP contribution is -2.53. The summed E-state index contributed by atoms with van der Waals surface area (Å²) in [6, 6.07) is 0.733. The van der Waals surface area contributed by atoms with Gasteiger partial charge in [-0.25, -0.2) is 4.79 Å². The summed E-state index contributed by atoms with van der Waals surface area (Å²) in [7, 11) is 0. The van der Waals surface area contributed by atoms with Gasteiger partial charge in [0.25, 0.3) is 0 Å². The number of amides is 2. The molecule has 6 nitrogen and oxygen atoms in total. The molecule has 0 bridgehead atoms. The lowest BCUT2D eigenvalue weighted by Gasteiger charge is -2.40. The first-order chi connectivity index (χ1) is 12.2. The number of carbonyl (C=O) groups is 1. The predicted octanol–water partition coefficient (Wildman–Crippen LogP) is 2.89.